The van der Waals surface area contributed by atoms with E-state index in [0.29, 0.717) is 11.6 Å². The summed E-state index contributed by atoms with van der Waals surface area (Å²) in [6.45, 7) is 2.07. The van der Waals surface area contributed by atoms with E-state index in [4.69, 9.17) is 9.63 Å². The Bertz CT molecular complexity index is 509. The maximum atomic E-state index is 9.07. The summed E-state index contributed by atoms with van der Waals surface area (Å²) in [6.07, 6.45) is 3.51. The van der Waals surface area contributed by atoms with Crippen LogP contribution >= 0.6 is 11.8 Å². The molecule has 0 bridgehead atoms. The monoisotopic (exact) mass is 268 g/mol. The molecule has 0 saturated heterocycles. The van der Waals surface area contributed by atoms with Crippen molar-refractivity contribution in [1.29, 1.82) is 0 Å². The van der Waals surface area contributed by atoms with Crippen molar-refractivity contribution in [3.8, 4) is 0 Å². The van der Waals surface area contributed by atoms with Gasteiger partial charge in [-0.2, -0.15) is 4.98 Å². The van der Waals surface area contributed by atoms with E-state index in [2.05, 4.69) is 22.0 Å². The highest BCUT2D eigenvalue weighted by Crippen LogP contribution is 2.21. The molecule has 1 N–H and O–H groups in total. The molecule has 0 aliphatic rings. The number of hydrogen-bond donors (Lipinski definition) is 1. The number of thioether (sulfide) groups is 1. The number of nitrogens with zero attached hydrogens (tertiary/aromatic N) is 4. The lowest BCUT2D eigenvalue weighted by molar-refractivity contribution is 0.271. The van der Waals surface area contributed by atoms with Crippen LogP contribution in [0.2, 0.25) is 0 Å². The molecule has 0 unspecified atom stereocenters. The van der Waals surface area contributed by atoms with E-state index in [1.54, 1.807) is 6.20 Å². The Morgan fingerprint density at radius 1 is 1.50 bits per heavy atom. The first-order chi connectivity index (χ1) is 8.74. The van der Waals surface area contributed by atoms with Gasteiger partial charge in [0.2, 0.25) is 5.89 Å². The Balaban J connectivity index is 1.95. The highest BCUT2D eigenvalue weighted by Gasteiger charge is 2.10. The number of aliphatic hydroxyl groups excluding tert-OH is 1. The van der Waals surface area contributed by atoms with Crippen LogP contribution in [0, 0.1) is 0 Å². The molecule has 2 aromatic heterocycles. The average molecular weight is 268 g/mol. The van der Waals surface area contributed by atoms with Crippen molar-refractivity contribution < 1.29 is 9.63 Å². The predicted molar refractivity (Wildman–Crippen MR) is 67.0 cm³/mol. The van der Waals surface area contributed by atoms with E-state index in [1.165, 1.54) is 11.8 Å². The number of hydrogen-bond acceptors (Lipinski definition) is 6. The maximum Gasteiger partial charge on any atom is 0.237 e. The van der Waals surface area contributed by atoms with Crippen molar-refractivity contribution in [3.05, 3.63) is 23.6 Å². The summed E-state index contributed by atoms with van der Waals surface area (Å²) >= 11 is 1.51. The van der Waals surface area contributed by atoms with Gasteiger partial charge in [0.15, 0.2) is 11.0 Å². The lowest BCUT2D eigenvalue weighted by atomic mass is 10.3. The summed E-state index contributed by atoms with van der Waals surface area (Å²) in [4.78, 5) is 8.51. The van der Waals surface area contributed by atoms with Crippen LogP contribution in [-0.2, 0) is 25.8 Å². The van der Waals surface area contributed by atoms with Crippen LogP contribution in [0.5, 0.6) is 0 Å². The van der Waals surface area contributed by atoms with Gasteiger partial charge < -0.3 is 14.2 Å². The van der Waals surface area contributed by atoms with Crippen LogP contribution in [0.25, 0.3) is 0 Å². The van der Waals surface area contributed by atoms with Crippen molar-refractivity contribution in [2.45, 2.75) is 37.3 Å². The topological polar surface area (TPSA) is 77.0 Å². The minimum atomic E-state index is -0.00866. The third-order valence-corrected chi connectivity index (χ3v) is 3.54. The van der Waals surface area contributed by atoms with Gasteiger partial charge in [0.25, 0.3) is 0 Å². The van der Waals surface area contributed by atoms with Crippen molar-refractivity contribution in [1.82, 2.24) is 19.7 Å². The van der Waals surface area contributed by atoms with E-state index < -0.39 is 0 Å². The van der Waals surface area contributed by atoms with E-state index in [0.717, 1.165) is 29.5 Å². The number of aromatic nitrogens is 4. The van der Waals surface area contributed by atoms with Gasteiger partial charge in [0, 0.05) is 13.5 Å². The zero-order chi connectivity index (χ0) is 13.0. The molecule has 0 atom stereocenters. The van der Waals surface area contributed by atoms with Gasteiger partial charge in [0.05, 0.1) is 24.3 Å². The highest BCUT2D eigenvalue weighted by molar-refractivity contribution is 7.98. The molecule has 2 rings (SSSR count). The molecule has 0 saturated carbocycles. The fourth-order valence-corrected chi connectivity index (χ4v) is 2.31. The SMILES string of the molecule is CCCc1noc(CSc2ncc(CO)n2C)n1. The van der Waals surface area contributed by atoms with E-state index in [1.807, 2.05) is 11.6 Å². The normalized spacial score (nSPS) is 11.1. The third-order valence-electron chi connectivity index (χ3n) is 2.51. The van der Waals surface area contributed by atoms with E-state index in [-0.39, 0.29) is 6.61 Å². The summed E-state index contributed by atoms with van der Waals surface area (Å²) in [5.41, 5.74) is 0.787. The summed E-state index contributed by atoms with van der Waals surface area (Å²) < 4.78 is 7.00. The quantitative estimate of drug-likeness (QED) is 0.801. The van der Waals surface area contributed by atoms with Crippen molar-refractivity contribution >= 4 is 11.8 Å². The molecule has 0 aliphatic heterocycles. The second kappa shape index (κ2) is 6.01. The number of rotatable bonds is 6. The fraction of sp³-hybridized carbons (Fsp3) is 0.545. The van der Waals surface area contributed by atoms with Crippen LogP contribution in [0.3, 0.4) is 0 Å². The Morgan fingerprint density at radius 2 is 2.33 bits per heavy atom. The molecule has 0 spiro atoms. The van der Waals surface area contributed by atoms with Crippen LogP contribution in [0.1, 0.15) is 30.8 Å². The predicted octanol–water partition coefficient (Wildman–Crippen LogP) is 1.54. The standard InChI is InChI=1S/C11H16N4O2S/c1-3-4-9-13-10(17-14-9)7-18-11-12-5-8(6-16)15(11)2/h5,16H,3-4,6-7H2,1-2H3. The Kier molecular flexibility index (Phi) is 4.38. The van der Waals surface area contributed by atoms with Crippen LogP contribution in [0.15, 0.2) is 15.9 Å². The van der Waals surface area contributed by atoms with Crippen molar-refractivity contribution in [2.75, 3.05) is 0 Å². The molecule has 0 radical (unpaired) electrons. The fourth-order valence-electron chi connectivity index (χ4n) is 1.51. The van der Waals surface area contributed by atoms with Gasteiger partial charge in [-0.3, -0.25) is 0 Å². The number of aryl methyl sites for hydroxylation is 1. The molecule has 0 fully saturated rings. The second-order valence-electron chi connectivity index (χ2n) is 3.89. The third kappa shape index (κ3) is 2.91. The lowest BCUT2D eigenvalue weighted by Crippen LogP contribution is -1.97. The zero-order valence-electron chi connectivity index (χ0n) is 10.5. The molecule has 98 valence electrons. The molecule has 18 heavy (non-hydrogen) atoms. The second-order valence-corrected chi connectivity index (χ2v) is 4.83. The highest BCUT2D eigenvalue weighted by atomic mass is 32.2. The molecule has 0 amide bonds. The van der Waals surface area contributed by atoms with Crippen LogP contribution in [-0.4, -0.2) is 24.8 Å². The van der Waals surface area contributed by atoms with Gasteiger partial charge in [-0.15, -0.1) is 0 Å². The zero-order valence-corrected chi connectivity index (χ0v) is 11.3. The minimum absolute atomic E-state index is 0.00866. The Labute approximate surface area is 109 Å². The van der Waals surface area contributed by atoms with Crippen LogP contribution < -0.4 is 0 Å². The molecule has 7 heteroatoms. The summed E-state index contributed by atoms with van der Waals surface area (Å²) in [5, 5.41) is 13.8. The van der Waals surface area contributed by atoms with Crippen molar-refractivity contribution in [3.63, 3.8) is 0 Å². The first-order valence-electron chi connectivity index (χ1n) is 5.80. The molecule has 2 heterocycles. The molecule has 0 aliphatic carbocycles. The smallest absolute Gasteiger partial charge is 0.237 e. The lowest BCUT2D eigenvalue weighted by Gasteiger charge is -2.01. The summed E-state index contributed by atoms with van der Waals surface area (Å²) in [6, 6.07) is 0. The molecule has 2 aromatic rings. The largest absolute Gasteiger partial charge is 0.390 e. The summed E-state index contributed by atoms with van der Waals surface area (Å²) in [7, 11) is 1.87. The number of aliphatic hydroxyl groups is 1. The van der Waals surface area contributed by atoms with Gasteiger partial charge in [0.1, 0.15) is 0 Å². The first-order valence-corrected chi connectivity index (χ1v) is 6.78. The van der Waals surface area contributed by atoms with Gasteiger partial charge in [-0.1, -0.05) is 23.8 Å². The summed E-state index contributed by atoms with van der Waals surface area (Å²) in [5.74, 6) is 1.95. The van der Waals surface area contributed by atoms with E-state index >= 15 is 0 Å². The maximum absolute atomic E-state index is 9.07. The molecule has 0 aromatic carbocycles. The minimum Gasteiger partial charge on any atom is -0.390 e. The van der Waals surface area contributed by atoms with Gasteiger partial charge >= 0.3 is 0 Å². The first kappa shape index (κ1) is 13.1. The molecular weight excluding hydrogens is 252 g/mol. The molecular formula is C11H16N4O2S. The van der Waals surface area contributed by atoms with Crippen molar-refractivity contribution in [2.24, 2.45) is 7.05 Å². The van der Waals surface area contributed by atoms with E-state index in [9.17, 15) is 0 Å². The Morgan fingerprint density at radius 3 is 3.00 bits per heavy atom. The average Bonchev–Trinajstić information content (AvgIpc) is 2.94. The van der Waals surface area contributed by atoms with Gasteiger partial charge in [-0.05, 0) is 6.42 Å². The Hall–Kier alpha value is -1.34. The number of imidazole rings is 1. The van der Waals surface area contributed by atoms with Gasteiger partial charge in [-0.25, -0.2) is 4.98 Å². The molecule has 6 nitrogen and oxygen atoms in total. The van der Waals surface area contributed by atoms with Crippen LogP contribution in [0.4, 0.5) is 0 Å².